The highest BCUT2D eigenvalue weighted by Gasteiger charge is 2.28. The van der Waals surface area contributed by atoms with Crippen molar-refractivity contribution in [2.24, 2.45) is 0 Å². The number of amides is 1. The zero-order valence-electron chi connectivity index (χ0n) is 13.7. The van der Waals surface area contributed by atoms with Gasteiger partial charge in [-0.05, 0) is 53.2 Å². The molecular weight excluding hydrogens is 408 g/mol. The number of nitrogens with zero attached hydrogens (tertiary/aromatic N) is 1. The molecule has 25 heavy (non-hydrogen) atoms. The maximum atomic E-state index is 12.7. The number of sulfonamides is 1. The monoisotopic (exact) mass is 424 g/mol. The second kappa shape index (κ2) is 6.68. The number of hydrogen-bond acceptors (Lipinski definition) is 4. The molecule has 0 aliphatic carbocycles. The number of rotatable bonds is 3. The lowest BCUT2D eigenvalue weighted by Gasteiger charge is -2.33. The summed E-state index contributed by atoms with van der Waals surface area (Å²) in [5.41, 5.74) is 0.897. The predicted molar refractivity (Wildman–Crippen MR) is 99.5 cm³/mol. The number of fused-ring (bicyclic) bond motifs is 1. The van der Waals surface area contributed by atoms with Gasteiger partial charge in [0, 0.05) is 11.4 Å². The molecule has 0 radical (unpaired) electrons. The smallest absolute Gasteiger partial charge is 0.262 e. The van der Waals surface area contributed by atoms with Gasteiger partial charge in [0.25, 0.3) is 10.0 Å². The molecule has 0 bridgehead atoms. The van der Waals surface area contributed by atoms with E-state index in [0.29, 0.717) is 28.1 Å². The molecule has 0 saturated carbocycles. The summed E-state index contributed by atoms with van der Waals surface area (Å²) in [6.45, 7) is 3.68. The van der Waals surface area contributed by atoms with E-state index in [1.54, 1.807) is 30.3 Å². The molecule has 0 spiro atoms. The minimum Gasteiger partial charge on any atom is -0.487 e. The number of benzene rings is 2. The van der Waals surface area contributed by atoms with E-state index in [1.165, 1.54) is 24.0 Å². The Kier molecular flexibility index (Phi) is 4.75. The Bertz CT molecular complexity index is 930. The second-order valence-electron chi connectivity index (χ2n) is 5.77. The van der Waals surface area contributed by atoms with E-state index in [9.17, 15) is 13.2 Å². The van der Waals surface area contributed by atoms with Crippen molar-refractivity contribution in [2.45, 2.75) is 24.8 Å². The van der Waals surface area contributed by atoms with Crippen LogP contribution >= 0.6 is 15.9 Å². The molecule has 1 aliphatic heterocycles. The molecule has 3 rings (SSSR count). The molecule has 1 aliphatic rings. The summed E-state index contributed by atoms with van der Waals surface area (Å²) in [7, 11) is -3.81. The quantitative estimate of drug-likeness (QED) is 0.818. The first-order valence-corrected chi connectivity index (χ1v) is 9.92. The normalized spacial score (nSPS) is 16.8. The molecule has 1 heterocycles. The van der Waals surface area contributed by atoms with Crippen LogP contribution in [0, 0.1) is 0 Å². The summed E-state index contributed by atoms with van der Waals surface area (Å²) in [5, 5.41) is 0. The lowest BCUT2D eigenvalue weighted by atomic mass is 10.2. The lowest BCUT2D eigenvalue weighted by molar-refractivity contribution is -0.117. The first-order valence-electron chi connectivity index (χ1n) is 7.64. The Morgan fingerprint density at radius 3 is 2.68 bits per heavy atom. The summed E-state index contributed by atoms with van der Waals surface area (Å²) in [4.78, 5) is 13.5. The van der Waals surface area contributed by atoms with Gasteiger partial charge < -0.3 is 9.64 Å². The minimum atomic E-state index is -3.81. The van der Waals surface area contributed by atoms with Crippen LogP contribution in [0.25, 0.3) is 0 Å². The van der Waals surface area contributed by atoms with Crippen molar-refractivity contribution >= 4 is 43.2 Å². The molecule has 2 aromatic carbocycles. The van der Waals surface area contributed by atoms with E-state index >= 15 is 0 Å². The number of nitrogens with one attached hydrogen (secondary N) is 1. The topological polar surface area (TPSA) is 75.7 Å². The Morgan fingerprint density at radius 1 is 1.28 bits per heavy atom. The molecule has 0 fully saturated rings. The number of para-hydroxylation sites is 1. The Labute approximate surface area is 155 Å². The fourth-order valence-electron chi connectivity index (χ4n) is 2.63. The molecule has 1 unspecified atom stereocenters. The van der Waals surface area contributed by atoms with Crippen molar-refractivity contribution in [1.29, 1.82) is 0 Å². The number of anilines is 2. The van der Waals surface area contributed by atoms with Gasteiger partial charge in [-0.1, -0.05) is 12.1 Å². The average molecular weight is 425 g/mol. The standard InChI is InChI=1S/C17H17BrN2O4S/c1-11-10-20(12(2)21)16-9-13(7-8-17(16)24-11)25(22,23)19-15-6-4-3-5-14(15)18/h3-9,11,19H,10H2,1-2H3. The van der Waals surface area contributed by atoms with Gasteiger partial charge in [0.2, 0.25) is 5.91 Å². The highest BCUT2D eigenvalue weighted by atomic mass is 79.9. The lowest BCUT2D eigenvalue weighted by Crippen LogP contribution is -2.41. The van der Waals surface area contributed by atoms with Crippen LogP contribution in [-0.2, 0) is 14.8 Å². The SMILES string of the molecule is CC(=O)N1CC(C)Oc2ccc(S(=O)(=O)Nc3ccccc3Br)cc21. The van der Waals surface area contributed by atoms with Gasteiger partial charge in [-0.25, -0.2) is 8.42 Å². The summed E-state index contributed by atoms with van der Waals surface area (Å²) in [6.07, 6.45) is -0.155. The highest BCUT2D eigenvalue weighted by Crippen LogP contribution is 2.36. The molecule has 0 saturated heterocycles. The van der Waals surface area contributed by atoms with Crippen molar-refractivity contribution < 1.29 is 17.9 Å². The van der Waals surface area contributed by atoms with E-state index in [2.05, 4.69) is 20.7 Å². The first-order chi connectivity index (χ1) is 11.8. The molecular formula is C17H17BrN2O4S. The Balaban J connectivity index is 2.00. The Morgan fingerprint density at radius 2 is 2.00 bits per heavy atom. The van der Waals surface area contributed by atoms with Crippen LogP contribution in [0.4, 0.5) is 11.4 Å². The van der Waals surface area contributed by atoms with Crippen molar-refractivity contribution in [3.63, 3.8) is 0 Å². The number of halogens is 1. The van der Waals surface area contributed by atoms with Gasteiger partial charge in [0.05, 0.1) is 22.8 Å². The first kappa shape index (κ1) is 17.8. The summed E-state index contributed by atoms with van der Waals surface area (Å²) in [6, 6.07) is 11.4. The van der Waals surface area contributed by atoms with Crippen LogP contribution < -0.4 is 14.4 Å². The third-order valence-corrected chi connectivity index (χ3v) is 5.85. The van der Waals surface area contributed by atoms with Crippen LogP contribution in [0.5, 0.6) is 5.75 Å². The summed E-state index contributed by atoms with van der Waals surface area (Å²) < 4.78 is 34.3. The summed E-state index contributed by atoms with van der Waals surface area (Å²) in [5.74, 6) is 0.332. The molecule has 0 aromatic heterocycles. The second-order valence-corrected chi connectivity index (χ2v) is 8.31. The van der Waals surface area contributed by atoms with Gasteiger partial charge >= 0.3 is 0 Å². The molecule has 1 N–H and O–H groups in total. The molecule has 1 atom stereocenters. The third-order valence-electron chi connectivity index (χ3n) is 3.80. The van der Waals surface area contributed by atoms with Crippen molar-refractivity contribution in [3.05, 3.63) is 46.9 Å². The zero-order valence-corrected chi connectivity index (χ0v) is 16.1. The molecule has 132 valence electrons. The maximum absolute atomic E-state index is 12.7. The fraction of sp³-hybridized carbons (Fsp3) is 0.235. The van der Waals surface area contributed by atoms with E-state index in [0.717, 1.165) is 0 Å². The van der Waals surface area contributed by atoms with Crippen LogP contribution in [0.2, 0.25) is 0 Å². The van der Waals surface area contributed by atoms with E-state index in [1.807, 2.05) is 6.92 Å². The molecule has 1 amide bonds. The number of hydrogen-bond donors (Lipinski definition) is 1. The van der Waals surface area contributed by atoms with Gasteiger partial charge in [0.15, 0.2) is 0 Å². The largest absolute Gasteiger partial charge is 0.487 e. The van der Waals surface area contributed by atoms with Crippen LogP contribution in [-0.4, -0.2) is 27.0 Å². The number of ether oxygens (including phenoxy) is 1. The average Bonchev–Trinajstić information content (AvgIpc) is 2.55. The van der Waals surface area contributed by atoms with Crippen molar-refractivity contribution in [3.8, 4) is 5.75 Å². The Hall–Kier alpha value is -2.06. The van der Waals surface area contributed by atoms with E-state index in [-0.39, 0.29) is 16.9 Å². The summed E-state index contributed by atoms with van der Waals surface area (Å²) >= 11 is 3.32. The molecule has 6 nitrogen and oxygen atoms in total. The predicted octanol–water partition coefficient (Wildman–Crippen LogP) is 3.38. The van der Waals surface area contributed by atoms with Gasteiger partial charge in [-0.2, -0.15) is 0 Å². The minimum absolute atomic E-state index is 0.0615. The maximum Gasteiger partial charge on any atom is 0.262 e. The number of carbonyl (C=O) groups excluding carboxylic acids is 1. The fourth-order valence-corrected chi connectivity index (χ4v) is 4.24. The van der Waals surface area contributed by atoms with Gasteiger partial charge in [-0.15, -0.1) is 0 Å². The number of carbonyl (C=O) groups is 1. The van der Waals surface area contributed by atoms with E-state index < -0.39 is 10.0 Å². The highest BCUT2D eigenvalue weighted by molar-refractivity contribution is 9.10. The van der Waals surface area contributed by atoms with Crippen LogP contribution in [0.1, 0.15) is 13.8 Å². The van der Waals surface area contributed by atoms with Crippen molar-refractivity contribution in [1.82, 2.24) is 0 Å². The van der Waals surface area contributed by atoms with Gasteiger partial charge in [-0.3, -0.25) is 9.52 Å². The van der Waals surface area contributed by atoms with Crippen molar-refractivity contribution in [2.75, 3.05) is 16.2 Å². The van der Waals surface area contributed by atoms with Crippen LogP contribution in [0.3, 0.4) is 0 Å². The molecule has 8 heteroatoms. The zero-order chi connectivity index (χ0) is 18.2. The van der Waals surface area contributed by atoms with Gasteiger partial charge in [0.1, 0.15) is 11.9 Å². The third kappa shape index (κ3) is 3.64. The molecule has 2 aromatic rings. The van der Waals surface area contributed by atoms with E-state index in [4.69, 9.17) is 4.74 Å². The van der Waals surface area contributed by atoms with Crippen LogP contribution in [0.15, 0.2) is 51.8 Å².